The molecule has 0 aliphatic carbocycles. The minimum Gasteiger partial charge on any atom is -0.508 e. The predicted octanol–water partition coefficient (Wildman–Crippen LogP) is 3.31. The highest BCUT2D eigenvalue weighted by atomic mass is 16.5. The average Bonchev–Trinajstić information content (AvgIpc) is 2.81. The monoisotopic (exact) mass is 254 g/mol. The third kappa shape index (κ3) is 1.38. The van der Waals surface area contributed by atoms with Crippen LogP contribution >= 0.6 is 0 Å². The maximum Gasteiger partial charge on any atom is 0.138 e. The molecule has 0 fully saturated rings. The summed E-state index contributed by atoms with van der Waals surface area (Å²) in [6.07, 6.45) is 0.000417. The van der Waals surface area contributed by atoms with Crippen LogP contribution in [0.15, 0.2) is 36.4 Å². The van der Waals surface area contributed by atoms with E-state index < -0.39 is 0 Å². The highest BCUT2D eigenvalue weighted by molar-refractivity contribution is 5.54. The minimum atomic E-state index is 0.000417. The molecule has 2 aromatic rings. The molecule has 1 N–H and O–H groups in total. The summed E-state index contributed by atoms with van der Waals surface area (Å²) in [5.74, 6) is 2.23. The molecule has 0 unspecified atom stereocenters. The van der Waals surface area contributed by atoms with Gasteiger partial charge in [0.2, 0.25) is 0 Å². The van der Waals surface area contributed by atoms with Crippen molar-refractivity contribution in [3.05, 3.63) is 53.1 Å². The lowest BCUT2D eigenvalue weighted by Crippen LogP contribution is -2.23. The highest BCUT2D eigenvalue weighted by Crippen LogP contribution is 2.52. The van der Waals surface area contributed by atoms with Gasteiger partial charge in [0.1, 0.15) is 23.4 Å². The van der Waals surface area contributed by atoms with Crippen LogP contribution in [0.3, 0.4) is 0 Å². The van der Waals surface area contributed by atoms with Crippen LogP contribution < -0.4 is 9.47 Å². The van der Waals surface area contributed by atoms with Crippen LogP contribution in [-0.4, -0.2) is 11.7 Å². The number of ether oxygens (including phenoxy) is 2. The molecule has 0 radical (unpaired) electrons. The van der Waals surface area contributed by atoms with Gasteiger partial charge in [-0.3, -0.25) is 0 Å². The highest BCUT2D eigenvalue weighted by Gasteiger charge is 2.41. The number of hydrogen-bond acceptors (Lipinski definition) is 3. The Morgan fingerprint density at radius 2 is 1.95 bits per heavy atom. The van der Waals surface area contributed by atoms with Crippen molar-refractivity contribution in [1.82, 2.24) is 0 Å². The van der Waals surface area contributed by atoms with Crippen LogP contribution in [0.2, 0.25) is 0 Å². The summed E-state index contributed by atoms with van der Waals surface area (Å²) >= 11 is 0. The quantitative estimate of drug-likeness (QED) is 0.784. The molecule has 3 nitrogen and oxygen atoms in total. The van der Waals surface area contributed by atoms with Gasteiger partial charge in [-0.15, -0.1) is 0 Å². The van der Waals surface area contributed by atoms with Crippen molar-refractivity contribution in [2.45, 2.75) is 18.9 Å². The van der Waals surface area contributed by atoms with E-state index in [1.54, 1.807) is 6.07 Å². The smallest absolute Gasteiger partial charge is 0.138 e. The van der Waals surface area contributed by atoms with Crippen LogP contribution in [0.1, 0.15) is 28.7 Å². The maximum absolute atomic E-state index is 9.77. The Bertz CT molecular complexity index is 663. The van der Waals surface area contributed by atoms with Gasteiger partial charge in [-0.25, -0.2) is 0 Å². The Labute approximate surface area is 111 Å². The third-order valence-corrected chi connectivity index (χ3v) is 4.06. The molecule has 0 saturated carbocycles. The standard InChI is InChI=1S/C16H14O3/c1-9-13(17)7-6-11-15(9)18-8-12-10-4-2-3-5-14(10)19-16(11)12/h2-7,12,16-17H,8H2,1H3/t12-,16-/m0/s1. The first kappa shape index (κ1) is 10.7. The van der Waals surface area contributed by atoms with E-state index in [9.17, 15) is 5.11 Å². The lowest BCUT2D eigenvalue weighted by atomic mass is 9.88. The van der Waals surface area contributed by atoms with Crippen molar-refractivity contribution in [3.8, 4) is 17.2 Å². The molecular formula is C16H14O3. The zero-order chi connectivity index (χ0) is 13.0. The van der Waals surface area contributed by atoms with E-state index in [0.717, 1.165) is 22.6 Å². The van der Waals surface area contributed by atoms with Gasteiger partial charge >= 0.3 is 0 Å². The first-order chi connectivity index (χ1) is 9.25. The largest absolute Gasteiger partial charge is 0.508 e. The second-order valence-corrected chi connectivity index (χ2v) is 5.12. The topological polar surface area (TPSA) is 38.7 Å². The van der Waals surface area contributed by atoms with Crippen LogP contribution in [0.25, 0.3) is 0 Å². The van der Waals surface area contributed by atoms with E-state index in [0.29, 0.717) is 6.61 Å². The molecule has 0 amide bonds. The van der Waals surface area contributed by atoms with Crippen molar-refractivity contribution < 1.29 is 14.6 Å². The fourth-order valence-corrected chi connectivity index (χ4v) is 3.02. The minimum absolute atomic E-state index is 0.000417. The van der Waals surface area contributed by atoms with Crippen molar-refractivity contribution in [1.29, 1.82) is 0 Å². The molecule has 0 spiro atoms. The first-order valence-electron chi connectivity index (χ1n) is 6.46. The van der Waals surface area contributed by atoms with Gasteiger partial charge in [0.15, 0.2) is 0 Å². The lowest BCUT2D eigenvalue weighted by Gasteiger charge is -2.29. The zero-order valence-corrected chi connectivity index (χ0v) is 10.6. The number of para-hydroxylation sites is 1. The number of benzene rings is 2. The van der Waals surface area contributed by atoms with Gasteiger partial charge < -0.3 is 14.6 Å². The molecule has 2 aliphatic rings. The number of phenolic OH excluding ortho intramolecular Hbond substituents is 1. The number of rotatable bonds is 0. The van der Waals surface area contributed by atoms with Crippen LogP contribution in [0.4, 0.5) is 0 Å². The Morgan fingerprint density at radius 3 is 2.84 bits per heavy atom. The average molecular weight is 254 g/mol. The summed E-state index contributed by atoms with van der Waals surface area (Å²) in [6.45, 7) is 2.47. The number of fused-ring (bicyclic) bond motifs is 5. The third-order valence-electron chi connectivity index (χ3n) is 4.06. The molecule has 19 heavy (non-hydrogen) atoms. The van der Waals surface area contributed by atoms with Gasteiger partial charge in [0, 0.05) is 16.7 Å². The zero-order valence-electron chi connectivity index (χ0n) is 10.6. The maximum atomic E-state index is 9.77. The summed E-state index contributed by atoms with van der Waals surface area (Å²) < 4.78 is 11.9. The predicted molar refractivity (Wildman–Crippen MR) is 70.9 cm³/mol. The Hall–Kier alpha value is -2.16. The molecule has 0 aromatic heterocycles. The summed E-state index contributed by atoms with van der Waals surface area (Å²) in [4.78, 5) is 0. The summed E-state index contributed by atoms with van der Waals surface area (Å²) in [7, 11) is 0. The van der Waals surface area contributed by atoms with Gasteiger partial charge in [-0.2, -0.15) is 0 Å². The molecule has 4 rings (SSSR count). The summed E-state index contributed by atoms with van der Waals surface area (Å²) in [5.41, 5.74) is 3.03. The fraction of sp³-hybridized carbons (Fsp3) is 0.250. The van der Waals surface area contributed by atoms with Crippen LogP contribution in [-0.2, 0) is 0 Å². The molecule has 2 atom stereocenters. The Kier molecular flexibility index (Phi) is 2.07. The molecule has 0 saturated heterocycles. The van der Waals surface area contributed by atoms with Crippen LogP contribution in [0.5, 0.6) is 17.2 Å². The molecule has 3 heteroatoms. The second-order valence-electron chi connectivity index (χ2n) is 5.12. The van der Waals surface area contributed by atoms with Gasteiger partial charge in [0.25, 0.3) is 0 Å². The molecule has 2 aromatic carbocycles. The van der Waals surface area contributed by atoms with E-state index in [1.165, 1.54) is 5.56 Å². The van der Waals surface area contributed by atoms with E-state index >= 15 is 0 Å². The van der Waals surface area contributed by atoms with Gasteiger partial charge in [0.05, 0.1) is 12.5 Å². The summed E-state index contributed by atoms with van der Waals surface area (Å²) in [5, 5.41) is 9.77. The van der Waals surface area contributed by atoms with Crippen molar-refractivity contribution >= 4 is 0 Å². The molecule has 2 aliphatic heterocycles. The normalized spacial score (nSPS) is 22.8. The van der Waals surface area contributed by atoms with E-state index in [1.807, 2.05) is 31.2 Å². The number of phenols is 1. The van der Waals surface area contributed by atoms with Gasteiger partial charge in [-0.05, 0) is 25.1 Å². The van der Waals surface area contributed by atoms with Crippen molar-refractivity contribution in [2.24, 2.45) is 0 Å². The molecule has 0 bridgehead atoms. The first-order valence-corrected chi connectivity index (χ1v) is 6.46. The van der Waals surface area contributed by atoms with Crippen molar-refractivity contribution in [2.75, 3.05) is 6.61 Å². The van der Waals surface area contributed by atoms with Crippen molar-refractivity contribution in [3.63, 3.8) is 0 Å². The number of aromatic hydroxyl groups is 1. The Morgan fingerprint density at radius 1 is 1.11 bits per heavy atom. The molecular weight excluding hydrogens is 240 g/mol. The number of hydrogen-bond donors (Lipinski definition) is 1. The lowest BCUT2D eigenvalue weighted by molar-refractivity contribution is 0.138. The SMILES string of the molecule is Cc1c(O)ccc2c1OC[C@H]1c3ccccc3O[C@@H]21. The van der Waals surface area contributed by atoms with E-state index in [2.05, 4.69) is 6.07 Å². The van der Waals surface area contributed by atoms with E-state index in [-0.39, 0.29) is 17.8 Å². The fourth-order valence-electron chi connectivity index (χ4n) is 3.02. The Balaban J connectivity index is 1.85. The second kappa shape index (κ2) is 3.67. The molecule has 2 heterocycles. The van der Waals surface area contributed by atoms with E-state index in [4.69, 9.17) is 9.47 Å². The molecule has 96 valence electrons. The van der Waals surface area contributed by atoms with Gasteiger partial charge in [-0.1, -0.05) is 18.2 Å². The van der Waals surface area contributed by atoms with Crippen LogP contribution in [0, 0.1) is 6.92 Å². The summed E-state index contributed by atoms with van der Waals surface area (Å²) in [6, 6.07) is 11.7.